The molecular formula is C17H25NO2. The average molecular weight is 275 g/mol. The molecule has 1 aromatic carbocycles. The third-order valence-corrected chi connectivity index (χ3v) is 4.04. The van der Waals surface area contributed by atoms with Crippen LogP contribution in [0.1, 0.15) is 60.9 Å². The van der Waals surface area contributed by atoms with E-state index in [1.54, 1.807) is 7.11 Å². The largest absolute Gasteiger partial charge is 0.383 e. The van der Waals surface area contributed by atoms with Gasteiger partial charge in [0.25, 0.3) is 5.91 Å². The molecule has 0 spiro atoms. The Balaban J connectivity index is 1.95. The lowest BCUT2D eigenvalue weighted by molar-refractivity contribution is 0.0905. The maximum atomic E-state index is 12.1. The van der Waals surface area contributed by atoms with Crippen molar-refractivity contribution in [1.82, 2.24) is 5.32 Å². The molecule has 1 fully saturated rings. The van der Waals surface area contributed by atoms with Crippen molar-refractivity contribution in [3.05, 3.63) is 35.4 Å². The minimum Gasteiger partial charge on any atom is -0.383 e. The zero-order chi connectivity index (χ0) is 14.4. The van der Waals surface area contributed by atoms with E-state index >= 15 is 0 Å². The van der Waals surface area contributed by atoms with E-state index in [4.69, 9.17) is 4.74 Å². The number of methoxy groups -OCH3 is 1. The van der Waals surface area contributed by atoms with Gasteiger partial charge in [-0.3, -0.25) is 4.79 Å². The molecule has 3 heteroatoms. The van der Waals surface area contributed by atoms with Crippen LogP contribution in [0.4, 0.5) is 0 Å². The highest BCUT2D eigenvalue weighted by Crippen LogP contribution is 2.32. The Labute approximate surface area is 121 Å². The van der Waals surface area contributed by atoms with Crippen molar-refractivity contribution < 1.29 is 9.53 Å². The van der Waals surface area contributed by atoms with Crippen LogP contribution >= 0.6 is 0 Å². The maximum Gasteiger partial charge on any atom is 0.251 e. The first kappa shape index (κ1) is 15.0. The predicted octanol–water partition coefficient (Wildman–Crippen LogP) is 3.50. The summed E-state index contributed by atoms with van der Waals surface area (Å²) in [4.78, 5) is 12.1. The van der Waals surface area contributed by atoms with Gasteiger partial charge in [-0.1, -0.05) is 31.4 Å². The fourth-order valence-electron chi connectivity index (χ4n) is 2.94. The SMILES string of the molecule is COC[C@@H](C)NC(=O)c1ccc(C2CCCCC2)cc1. The minimum absolute atomic E-state index is 0.0234. The quantitative estimate of drug-likeness (QED) is 0.893. The third kappa shape index (κ3) is 4.07. The molecule has 1 amide bonds. The lowest BCUT2D eigenvalue weighted by Crippen LogP contribution is -2.35. The Bertz CT molecular complexity index is 421. The summed E-state index contributed by atoms with van der Waals surface area (Å²) in [5.74, 6) is 0.665. The number of amides is 1. The Morgan fingerprint density at radius 1 is 1.25 bits per heavy atom. The van der Waals surface area contributed by atoms with E-state index in [1.165, 1.54) is 37.7 Å². The molecule has 0 aliphatic heterocycles. The van der Waals surface area contributed by atoms with Crippen LogP contribution in [0.2, 0.25) is 0 Å². The number of carbonyl (C=O) groups excluding carboxylic acids is 1. The van der Waals surface area contributed by atoms with Gasteiger partial charge in [-0.25, -0.2) is 0 Å². The van der Waals surface area contributed by atoms with Crippen molar-refractivity contribution >= 4 is 5.91 Å². The number of ether oxygens (including phenoxy) is 1. The molecule has 0 saturated heterocycles. The molecule has 1 aliphatic carbocycles. The molecule has 1 aliphatic rings. The molecule has 0 radical (unpaired) electrons. The lowest BCUT2D eigenvalue weighted by Gasteiger charge is -2.22. The molecule has 0 heterocycles. The third-order valence-electron chi connectivity index (χ3n) is 4.04. The molecule has 3 nitrogen and oxygen atoms in total. The average Bonchev–Trinajstić information content (AvgIpc) is 2.48. The van der Waals surface area contributed by atoms with E-state index in [-0.39, 0.29) is 11.9 Å². The highest BCUT2D eigenvalue weighted by molar-refractivity contribution is 5.94. The summed E-state index contributed by atoms with van der Waals surface area (Å²) in [6, 6.07) is 8.15. The summed E-state index contributed by atoms with van der Waals surface area (Å²) in [6.45, 7) is 2.48. The van der Waals surface area contributed by atoms with Crippen LogP contribution in [0.15, 0.2) is 24.3 Å². The Hall–Kier alpha value is -1.35. The molecule has 20 heavy (non-hydrogen) atoms. The van der Waals surface area contributed by atoms with Gasteiger partial charge >= 0.3 is 0 Å². The zero-order valence-corrected chi connectivity index (χ0v) is 12.5. The number of benzene rings is 1. The van der Waals surface area contributed by atoms with Crippen molar-refractivity contribution in [3.8, 4) is 0 Å². The second-order valence-electron chi connectivity index (χ2n) is 5.79. The van der Waals surface area contributed by atoms with Gasteiger partial charge in [-0.15, -0.1) is 0 Å². The van der Waals surface area contributed by atoms with Crippen molar-refractivity contribution in [1.29, 1.82) is 0 Å². The molecular weight excluding hydrogens is 250 g/mol. The molecule has 1 N–H and O–H groups in total. The Kier molecular flexibility index (Phi) is 5.60. The van der Waals surface area contributed by atoms with E-state index < -0.39 is 0 Å². The number of carbonyl (C=O) groups is 1. The van der Waals surface area contributed by atoms with Crippen molar-refractivity contribution in [3.63, 3.8) is 0 Å². The van der Waals surface area contributed by atoms with Crippen LogP contribution in [0.5, 0.6) is 0 Å². The molecule has 0 aromatic heterocycles. The Morgan fingerprint density at radius 2 is 1.90 bits per heavy atom. The molecule has 2 rings (SSSR count). The van der Waals surface area contributed by atoms with E-state index in [1.807, 2.05) is 19.1 Å². The summed E-state index contributed by atoms with van der Waals surface area (Å²) in [5, 5.41) is 2.93. The van der Waals surface area contributed by atoms with Gasteiger partial charge in [0.2, 0.25) is 0 Å². The van der Waals surface area contributed by atoms with Gasteiger partial charge in [0.1, 0.15) is 0 Å². The van der Waals surface area contributed by atoms with Crippen LogP contribution < -0.4 is 5.32 Å². The van der Waals surface area contributed by atoms with Crippen LogP contribution in [-0.2, 0) is 4.74 Å². The monoisotopic (exact) mass is 275 g/mol. The molecule has 1 saturated carbocycles. The zero-order valence-electron chi connectivity index (χ0n) is 12.5. The van der Waals surface area contributed by atoms with Crippen molar-refractivity contribution in [2.45, 2.75) is 51.0 Å². The number of hydrogen-bond acceptors (Lipinski definition) is 2. The number of hydrogen-bond donors (Lipinski definition) is 1. The summed E-state index contributed by atoms with van der Waals surface area (Å²) >= 11 is 0. The second-order valence-corrected chi connectivity index (χ2v) is 5.79. The van der Waals surface area contributed by atoms with Gasteiger partial charge in [0.15, 0.2) is 0 Å². The van der Waals surface area contributed by atoms with E-state index in [2.05, 4.69) is 17.4 Å². The smallest absolute Gasteiger partial charge is 0.251 e. The van der Waals surface area contributed by atoms with E-state index in [0.717, 1.165) is 5.56 Å². The first-order valence-corrected chi connectivity index (χ1v) is 7.60. The minimum atomic E-state index is -0.0234. The van der Waals surface area contributed by atoms with Gasteiger partial charge in [0, 0.05) is 18.7 Å². The highest BCUT2D eigenvalue weighted by atomic mass is 16.5. The number of rotatable bonds is 5. The van der Waals surface area contributed by atoms with Crippen molar-refractivity contribution in [2.75, 3.05) is 13.7 Å². The fraction of sp³-hybridized carbons (Fsp3) is 0.588. The van der Waals surface area contributed by atoms with Gasteiger partial charge in [-0.2, -0.15) is 0 Å². The maximum absolute atomic E-state index is 12.1. The normalized spacial score (nSPS) is 17.7. The van der Waals surface area contributed by atoms with Gasteiger partial charge < -0.3 is 10.1 Å². The first-order valence-electron chi connectivity index (χ1n) is 7.60. The number of nitrogens with one attached hydrogen (secondary N) is 1. The van der Waals surface area contributed by atoms with Gasteiger partial charge in [-0.05, 0) is 43.4 Å². The Morgan fingerprint density at radius 3 is 2.50 bits per heavy atom. The van der Waals surface area contributed by atoms with Crippen LogP contribution in [0.25, 0.3) is 0 Å². The standard InChI is InChI=1S/C17H25NO2/c1-13(12-20-2)18-17(19)16-10-8-15(9-11-16)14-6-4-3-5-7-14/h8-11,13-14H,3-7,12H2,1-2H3,(H,18,19)/t13-/m1/s1. The van der Waals surface area contributed by atoms with Gasteiger partial charge in [0.05, 0.1) is 6.61 Å². The van der Waals surface area contributed by atoms with Crippen molar-refractivity contribution in [2.24, 2.45) is 0 Å². The molecule has 0 unspecified atom stereocenters. The lowest BCUT2D eigenvalue weighted by atomic mass is 9.84. The summed E-state index contributed by atoms with van der Waals surface area (Å²) < 4.78 is 5.02. The molecule has 0 bridgehead atoms. The summed E-state index contributed by atoms with van der Waals surface area (Å²) in [5.41, 5.74) is 2.11. The van der Waals surface area contributed by atoms with Crippen LogP contribution in [-0.4, -0.2) is 25.7 Å². The predicted molar refractivity (Wildman–Crippen MR) is 81.1 cm³/mol. The topological polar surface area (TPSA) is 38.3 Å². The molecule has 1 aromatic rings. The second kappa shape index (κ2) is 7.44. The summed E-state index contributed by atoms with van der Waals surface area (Å²) in [7, 11) is 1.64. The van der Waals surface area contributed by atoms with Crippen LogP contribution in [0, 0.1) is 0 Å². The summed E-state index contributed by atoms with van der Waals surface area (Å²) in [6.07, 6.45) is 6.62. The highest BCUT2D eigenvalue weighted by Gasteiger charge is 2.16. The fourth-order valence-corrected chi connectivity index (χ4v) is 2.94. The molecule has 110 valence electrons. The van der Waals surface area contributed by atoms with E-state index in [0.29, 0.717) is 12.5 Å². The van der Waals surface area contributed by atoms with Crippen LogP contribution in [0.3, 0.4) is 0 Å². The molecule has 1 atom stereocenters. The first-order chi connectivity index (χ1) is 9.70. The van der Waals surface area contributed by atoms with E-state index in [9.17, 15) is 4.79 Å².